The molecule has 1 aromatic carbocycles. The number of hydrogen-bond donors (Lipinski definition) is 1. The summed E-state index contributed by atoms with van der Waals surface area (Å²) >= 11 is 0. The maximum absolute atomic E-state index is 10.5. The van der Waals surface area contributed by atoms with Gasteiger partial charge in [-0.2, -0.15) is 0 Å². The molecule has 0 saturated carbocycles. The van der Waals surface area contributed by atoms with E-state index in [1.165, 1.54) is 22.4 Å². The highest BCUT2D eigenvalue weighted by atomic mass is 16.1. The van der Waals surface area contributed by atoms with Crippen LogP contribution in [0.2, 0.25) is 0 Å². The van der Waals surface area contributed by atoms with Crippen molar-refractivity contribution in [1.82, 2.24) is 0 Å². The van der Waals surface area contributed by atoms with Gasteiger partial charge >= 0.3 is 0 Å². The summed E-state index contributed by atoms with van der Waals surface area (Å²) in [4.78, 5) is 10.5. The highest BCUT2D eigenvalue weighted by Crippen LogP contribution is 2.37. The Morgan fingerprint density at radius 3 is 2.86 bits per heavy atom. The van der Waals surface area contributed by atoms with Gasteiger partial charge in [-0.05, 0) is 30.5 Å². The molecule has 0 saturated heterocycles. The molecule has 1 aliphatic rings. The molecule has 1 atom stereocenters. The van der Waals surface area contributed by atoms with E-state index < -0.39 is 0 Å². The number of nitrogens with one attached hydrogen (secondary N) is 1. The smallest absolute Gasteiger partial charge is 0.120 e. The molecule has 2 nitrogen and oxygen atoms in total. The maximum atomic E-state index is 10.5. The van der Waals surface area contributed by atoms with Gasteiger partial charge in [0.25, 0.3) is 0 Å². The molecular weight excluding hydrogens is 174 g/mol. The first-order valence-electron chi connectivity index (χ1n) is 5.01. The SMILES string of the molecule is Cc1ccc(C)c2c1NCC2CC=O. The van der Waals surface area contributed by atoms with Crippen LogP contribution >= 0.6 is 0 Å². The number of fused-ring (bicyclic) bond motifs is 1. The Bertz CT molecular complexity index is 371. The number of anilines is 1. The monoisotopic (exact) mass is 189 g/mol. The van der Waals surface area contributed by atoms with Crippen LogP contribution < -0.4 is 5.32 Å². The minimum atomic E-state index is 0.377. The van der Waals surface area contributed by atoms with Crippen molar-refractivity contribution in [1.29, 1.82) is 0 Å². The quantitative estimate of drug-likeness (QED) is 0.724. The van der Waals surface area contributed by atoms with Gasteiger partial charge in [0.15, 0.2) is 0 Å². The molecule has 2 heteroatoms. The first-order chi connectivity index (χ1) is 6.74. The van der Waals surface area contributed by atoms with Crippen LogP contribution in [0.25, 0.3) is 0 Å². The van der Waals surface area contributed by atoms with Gasteiger partial charge in [-0.3, -0.25) is 0 Å². The number of carbonyl (C=O) groups excluding carboxylic acids is 1. The van der Waals surface area contributed by atoms with Crippen molar-refractivity contribution in [2.75, 3.05) is 11.9 Å². The maximum Gasteiger partial charge on any atom is 0.120 e. The minimum absolute atomic E-state index is 0.377. The minimum Gasteiger partial charge on any atom is -0.384 e. The average Bonchev–Trinajstić information content (AvgIpc) is 2.58. The fourth-order valence-corrected chi connectivity index (χ4v) is 2.24. The molecular formula is C12H15NO. The largest absolute Gasteiger partial charge is 0.384 e. The molecule has 0 spiro atoms. The number of rotatable bonds is 2. The van der Waals surface area contributed by atoms with E-state index in [0.717, 1.165) is 12.8 Å². The van der Waals surface area contributed by atoms with Crippen molar-refractivity contribution in [2.45, 2.75) is 26.2 Å². The highest BCUT2D eigenvalue weighted by Gasteiger charge is 2.24. The van der Waals surface area contributed by atoms with Crippen LogP contribution in [-0.4, -0.2) is 12.8 Å². The van der Waals surface area contributed by atoms with E-state index in [9.17, 15) is 4.79 Å². The summed E-state index contributed by atoms with van der Waals surface area (Å²) in [5.74, 6) is 0.377. The summed E-state index contributed by atoms with van der Waals surface area (Å²) < 4.78 is 0. The fraction of sp³-hybridized carbons (Fsp3) is 0.417. The second-order valence-corrected chi connectivity index (χ2v) is 3.97. The predicted molar refractivity (Wildman–Crippen MR) is 57.8 cm³/mol. The second kappa shape index (κ2) is 3.45. The summed E-state index contributed by atoms with van der Waals surface area (Å²) in [5.41, 5.74) is 5.16. The van der Waals surface area contributed by atoms with Gasteiger partial charge in [-0.1, -0.05) is 12.1 Å². The molecule has 1 N–H and O–H groups in total. The lowest BCUT2D eigenvalue weighted by molar-refractivity contribution is -0.108. The molecule has 0 aliphatic carbocycles. The van der Waals surface area contributed by atoms with Gasteiger partial charge in [0.1, 0.15) is 6.29 Å². The van der Waals surface area contributed by atoms with E-state index >= 15 is 0 Å². The highest BCUT2D eigenvalue weighted by molar-refractivity contribution is 5.67. The molecule has 1 aromatic rings. The number of benzene rings is 1. The normalized spacial score (nSPS) is 18.9. The first-order valence-corrected chi connectivity index (χ1v) is 5.01. The Hall–Kier alpha value is -1.31. The van der Waals surface area contributed by atoms with Crippen molar-refractivity contribution in [3.8, 4) is 0 Å². The van der Waals surface area contributed by atoms with Crippen molar-refractivity contribution in [2.24, 2.45) is 0 Å². The molecule has 0 bridgehead atoms. The van der Waals surface area contributed by atoms with E-state index in [1.807, 2.05) is 0 Å². The van der Waals surface area contributed by atoms with Crippen LogP contribution in [0.1, 0.15) is 29.0 Å². The van der Waals surface area contributed by atoms with Crippen molar-refractivity contribution in [3.05, 3.63) is 28.8 Å². The standard InChI is InChI=1S/C12H15NO/c1-8-3-4-9(2)12-11(8)10(5-6-14)7-13-12/h3-4,6,10,13H,5,7H2,1-2H3. The molecule has 0 fully saturated rings. The molecule has 74 valence electrons. The number of hydrogen-bond acceptors (Lipinski definition) is 2. The van der Waals surface area contributed by atoms with Crippen molar-refractivity contribution < 1.29 is 4.79 Å². The summed E-state index contributed by atoms with van der Waals surface area (Å²) in [5, 5.41) is 3.39. The Balaban J connectivity index is 2.47. The van der Waals surface area contributed by atoms with E-state index in [-0.39, 0.29) is 0 Å². The average molecular weight is 189 g/mol. The molecule has 1 heterocycles. The van der Waals surface area contributed by atoms with Crippen molar-refractivity contribution in [3.63, 3.8) is 0 Å². The summed E-state index contributed by atoms with van der Waals surface area (Å²) in [6.45, 7) is 5.12. The zero-order valence-corrected chi connectivity index (χ0v) is 8.63. The van der Waals surface area contributed by atoms with Gasteiger partial charge in [0.05, 0.1) is 0 Å². The molecule has 1 aliphatic heterocycles. The third kappa shape index (κ3) is 1.31. The molecule has 14 heavy (non-hydrogen) atoms. The number of aryl methyl sites for hydroxylation is 2. The first kappa shape index (κ1) is 9.25. The fourth-order valence-electron chi connectivity index (χ4n) is 2.24. The predicted octanol–water partition coefficient (Wildman–Crippen LogP) is 2.40. The zero-order chi connectivity index (χ0) is 10.1. The Kier molecular flexibility index (Phi) is 2.28. The van der Waals surface area contributed by atoms with Crippen LogP contribution in [0.5, 0.6) is 0 Å². The van der Waals surface area contributed by atoms with Gasteiger partial charge in [-0.15, -0.1) is 0 Å². The Labute approximate surface area is 84.3 Å². The van der Waals surface area contributed by atoms with E-state index in [0.29, 0.717) is 12.3 Å². The molecule has 1 unspecified atom stereocenters. The van der Waals surface area contributed by atoms with Gasteiger partial charge in [0.2, 0.25) is 0 Å². The van der Waals surface area contributed by atoms with Gasteiger partial charge in [-0.25, -0.2) is 0 Å². The lowest BCUT2D eigenvalue weighted by atomic mass is 9.93. The molecule has 2 rings (SSSR count). The van der Waals surface area contributed by atoms with E-state index in [4.69, 9.17) is 0 Å². The lowest BCUT2D eigenvalue weighted by Crippen LogP contribution is -2.02. The van der Waals surface area contributed by atoms with E-state index in [2.05, 4.69) is 31.3 Å². The van der Waals surface area contributed by atoms with Crippen LogP contribution in [-0.2, 0) is 4.79 Å². The van der Waals surface area contributed by atoms with Crippen molar-refractivity contribution >= 4 is 12.0 Å². The molecule has 0 amide bonds. The zero-order valence-electron chi connectivity index (χ0n) is 8.63. The Morgan fingerprint density at radius 2 is 2.14 bits per heavy atom. The summed E-state index contributed by atoms with van der Waals surface area (Å²) in [6.07, 6.45) is 1.65. The van der Waals surface area contributed by atoms with Crippen LogP contribution in [0.4, 0.5) is 5.69 Å². The summed E-state index contributed by atoms with van der Waals surface area (Å²) in [6, 6.07) is 4.27. The van der Waals surface area contributed by atoms with Crippen LogP contribution in [0, 0.1) is 13.8 Å². The van der Waals surface area contributed by atoms with E-state index in [1.54, 1.807) is 0 Å². The third-order valence-electron chi connectivity index (χ3n) is 2.99. The second-order valence-electron chi connectivity index (χ2n) is 3.97. The van der Waals surface area contributed by atoms with Gasteiger partial charge in [0, 0.05) is 24.6 Å². The third-order valence-corrected chi connectivity index (χ3v) is 2.99. The number of carbonyl (C=O) groups is 1. The lowest BCUT2D eigenvalue weighted by Gasteiger charge is -2.10. The molecule has 0 radical (unpaired) electrons. The summed E-state index contributed by atoms with van der Waals surface area (Å²) in [7, 11) is 0. The topological polar surface area (TPSA) is 29.1 Å². The Morgan fingerprint density at radius 1 is 1.43 bits per heavy atom. The van der Waals surface area contributed by atoms with Crippen LogP contribution in [0.15, 0.2) is 12.1 Å². The van der Waals surface area contributed by atoms with Crippen LogP contribution in [0.3, 0.4) is 0 Å². The molecule has 0 aromatic heterocycles. The number of aldehydes is 1. The van der Waals surface area contributed by atoms with Gasteiger partial charge < -0.3 is 10.1 Å².